The molecule has 0 aliphatic heterocycles. The van der Waals surface area contributed by atoms with E-state index >= 15 is 0 Å². The Morgan fingerprint density at radius 3 is 2.35 bits per heavy atom. The third-order valence-corrected chi connectivity index (χ3v) is 3.12. The summed E-state index contributed by atoms with van der Waals surface area (Å²) in [5, 5.41) is 12.0. The second-order valence-electron chi connectivity index (χ2n) is 5.03. The number of carbonyl (C=O) groups excluding carboxylic acids is 1. The minimum atomic E-state index is -0.142. The van der Waals surface area contributed by atoms with Crippen LogP contribution in [-0.4, -0.2) is 63.4 Å². The molecule has 1 rings (SSSR count). The number of nitrogens with one attached hydrogen (secondary N) is 2. The maximum atomic E-state index is 12.5. The Balaban J connectivity index is 2.73. The van der Waals surface area contributed by atoms with E-state index in [2.05, 4.69) is 39.6 Å². The molecule has 7 nitrogen and oxygen atoms in total. The van der Waals surface area contributed by atoms with Gasteiger partial charge in [0.25, 0.3) is 5.91 Å². The molecule has 1 aromatic rings. The molecule has 0 unspecified atom stereocenters. The molecule has 1 heterocycles. The van der Waals surface area contributed by atoms with Gasteiger partial charge in [-0.25, -0.2) is 5.43 Å². The molecular weight excluding hydrogens is 256 g/mol. The van der Waals surface area contributed by atoms with E-state index < -0.39 is 0 Å². The molecule has 1 amide bonds. The number of hydrogen-bond donors (Lipinski definition) is 2. The van der Waals surface area contributed by atoms with Crippen molar-refractivity contribution in [3.05, 3.63) is 11.4 Å². The Labute approximate surface area is 120 Å². The number of aryl methyl sites for hydroxylation is 1. The van der Waals surface area contributed by atoms with Crippen LogP contribution in [0.15, 0.2) is 0 Å². The van der Waals surface area contributed by atoms with Crippen LogP contribution in [-0.2, 0) is 0 Å². The first kappa shape index (κ1) is 16.6. The number of H-pyrrole nitrogens is 1. The molecule has 0 aromatic carbocycles. The molecule has 0 bridgehead atoms. The number of rotatable bonds is 8. The van der Waals surface area contributed by atoms with Crippen LogP contribution in [0, 0.1) is 6.92 Å². The minimum absolute atomic E-state index is 0.142. The summed E-state index contributed by atoms with van der Waals surface area (Å²) in [6, 6.07) is 0.183. The third kappa shape index (κ3) is 4.57. The Morgan fingerprint density at radius 2 is 1.90 bits per heavy atom. The van der Waals surface area contributed by atoms with Gasteiger partial charge >= 0.3 is 0 Å². The highest BCUT2D eigenvalue weighted by Crippen LogP contribution is 2.04. The van der Waals surface area contributed by atoms with Gasteiger partial charge in [-0.3, -0.25) is 9.80 Å². The third-order valence-electron chi connectivity index (χ3n) is 3.12. The zero-order chi connectivity index (χ0) is 15.1. The van der Waals surface area contributed by atoms with Gasteiger partial charge in [0.05, 0.1) is 12.2 Å². The van der Waals surface area contributed by atoms with Crippen LogP contribution in [0.5, 0.6) is 0 Å². The van der Waals surface area contributed by atoms with Gasteiger partial charge in [0, 0.05) is 12.6 Å². The molecule has 0 saturated carbocycles. The van der Waals surface area contributed by atoms with Crippen LogP contribution < -0.4 is 5.43 Å². The molecule has 7 heteroatoms. The average Bonchev–Trinajstić information content (AvgIpc) is 2.83. The molecular formula is C13H26N6O. The molecule has 0 aliphatic rings. The number of hydrogen-bond acceptors (Lipinski definition) is 5. The maximum Gasteiger partial charge on any atom is 0.290 e. The number of carbonyl (C=O) groups is 1. The lowest BCUT2D eigenvalue weighted by Gasteiger charge is -2.28. The van der Waals surface area contributed by atoms with Gasteiger partial charge in [0.2, 0.25) is 0 Å². The van der Waals surface area contributed by atoms with E-state index in [9.17, 15) is 4.79 Å². The predicted octanol–water partition coefficient (Wildman–Crippen LogP) is 0.810. The number of hydrazine groups is 1. The lowest BCUT2D eigenvalue weighted by Crippen LogP contribution is -2.49. The van der Waals surface area contributed by atoms with Gasteiger partial charge < -0.3 is 4.90 Å². The van der Waals surface area contributed by atoms with Gasteiger partial charge in [-0.15, -0.1) is 0 Å². The van der Waals surface area contributed by atoms with E-state index in [0.29, 0.717) is 17.9 Å². The van der Waals surface area contributed by atoms with Gasteiger partial charge in [-0.1, -0.05) is 13.8 Å². The Morgan fingerprint density at radius 1 is 1.25 bits per heavy atom. The van der Waals surface area contributed by atoms with Crippen LogP contribution in [0.3, 0.4) is 0 Å². The van der Waals surface area contributed by atoms with Crippen LogP contribution in [0.4, 0.5) is 0 Å². The molecule has 0 fully saturated rings. The van der Waals surface area contributed by atoms with Crippen molar-refractivity contribution in [2.75, 3.05) is 26.2 Å². The van der Waals surface area contributed by atoms with Crippen molar-refractivity contribution in [2.45, 2.75) is 40.7 Å². The highest BCUT2D eigenvalue weighted by molar-refractivity contribution is 5.92. The summed E-state index contributed by atoms with van der Waals surface area (Å²) in [4.78, 5) is 14.7. The number of aromatic amines is 1. The predicted molar refractivity (Wildman–Crippen MR) is 78.2 cm³/mol. The molecule has 114 valence electrons. The molecule has 0 radical (unpaired) electrons. The van der Waals surface area contributed by atoms with Crippen LogP contribution in [0.25, 0.3) is 0 Å². The lowest BCUT2D eigenvalue weighted by molar-refractivity contribution is 0.0597. The summed E-state index contributed by atoms with van der Waals surface area (Å²) in [7, 11) is 0. The zero-order valence-electron chi connectivity index (χ0n) is 13.1. The van der Waals surface area contributed by atoms with Crippen molar-refractivity contribution in [3.63, 3.8) is 0 Å². The second-order valence-corrected chi connectivity index (χ2v) is 5.03. The first-order valence-electron chi connectivity index (χ1n) is 7.17. The fraction of sp³-hybridized carbons (Fsp3) is 0.769. The lowest BCUT2D eigenvalue weighted by atomic mass is 10.3. The van der Waals surface area contributed by atoms with Crippen molar-refractivity contribution in [3.8, 4) is 0 Å². The highest BCUT2D eigenvalue weighted by Gasteiger charge is 2.21. The average molecular weight is 282 g/mol. The van der Waals surface area contributed by atoms with Crippen LogP contribution >= 0.6 is 0 Å². The van der Waals surface area contributed by atoms with E-state index in [1.807, 2.05) is 13.8 Å². The van der Waals surface area contributed by atoms with Crippen molar-refractivity contribution in [1.29, 1.82) is 0 Å². The summed E-state index contributed by atoms with van der Waals surface area (Å²) < 4.78 is 0. The van der Waals surface area contributed by atoms with Crippen molar-refractivity contribution < 1.29 is 4.79 Å². The Hall–Kier alpha value is -1.47. The second kappa shape index (κ2) is 7.96. The maximum absolute atomic E-state index is 12.5. The molecule has 0 saturated heterocycles. The van der Waals surface area contributed by atoms with Crippen LogP contribution in [0.2, 0.25) is 0 Å². The summed E-state index contributed by atoms with van der Waals surface area (Å²) in [6.45, 7) is 13.4. The first-order chi connectivity index (χ1) is 9.49. The van der Waals surface area contributed by atoms with Gasteiger partial charge in [0.15, 0.2) is 5.69 Å². The van der Waals surface area contributed by atoms with Crippen molar-refractivity contribution >= 4 is 5.91 Å². The number of nitrogens with zero attached hydrogens (tertiary/aromatic N) is 4. The van der Waals surface area contributed by atoms with E-state index in [4.69, 9.17) is 0 Å². The fourth-order valence-corrected chi connectivity index (χ4v) is 1.93. The SMILES string of the molecule is CCN(CC)CCN(NC(C)C)C(=O)c1n[nH]nc1C. The standard InChI is InChI=1S/C13H26N6O/c1-6-18(7-2)8-9-19(16-10(3)4)13(20)12-11(5)14-17-15-12/h10,16H,6-9H2,1-5H3,(H,14,15,17). The summed E-state index contributed by atoms with van der Waals surface area (Å²) in [5.74, 6) is -0.142. The van der Waals surface area contributed by atoms with Crippen molar-refractivity contribution in [2.24, 2.45) is 0 Å². The van der Waals surface area contributed by atoms with Crippen LogP contribution in [0.1, 0.15) is 43.9 Å². The van der Waals surface area contributed by atoms with E-state index in [1.165, 1.54) is 0 Å². The van der Waals surface area contributed by atoms with E-state index in [-0.39, 0.29) is 11.9 Å². The highest BCUT2D eigenvalue weighted by atomic mass is 16.2. The van der Waals surface area contributed by atoms with E-state index in [0.717, 1.165) is 19.6 Å². The smallest absolute Gasteiger partial charge is 0.290 e. The Bertz CT molecular complexity index is 413. The molecule has 20 heavy (non-hydrogen) atoms. The Kier molecular flexibility index (Phi) is 6.60. The topological polar surface area (TPSA) is 77.1 Å². The zero-order valence-corrected chi connectivity index (χ0v) is 13.1. The normalized spacial score (nSPS) is 11.3. The number of likely N-dealkylation sites (N-methyl/N-ethyl adjacent to an activating group) is 1. The molecule has 0 aliphatic carbocycles. The molecule has 1 aromatic heterocycles. The molecule has 0 spiro atoms. The summed E-state index contributed by atoms with van der Waals surface area (Å²) in [6.07, 6.45) is 0. The van der Waals surface area contributed by atoms with Crippen molar-refractivity contribution in [1.82, 2.24) is 30.7 Å². The first-order valence-corrected chi connectivity index (χ1v) is 7.17. The quantitative estimate of drug-likeness (QED) is 0.690. The summed E-state index contributed by atoms with van der Waals surface area (Å²) in [5.41, 5.74) is 4.17. The monoisotopic (exact) mass is 282 g/mol. The van der Waals surface area contributed by atoms with Gasteiger partial charge in [0.1, 0.15) is 0 Å². The molecule has 2 N–H and O–H groups in total. The molecule has 0 atom stereocenters. The summed E-state index contributed by atoms with van der Waals surface area (Å²) >= 11 is 0. The fourth-order valence-electron chi connectivity index (χ4n) is 1.93. The largest absolute Gasteiger partial charge is 0.302 e. The minimum Gasteiger partial charge on any atom is -0.302 e. The van der Waals surface area contributed by atoms with E-state index in [1.54, 1.807) is 11.9 Å². The van der Waals surface area contributed by atoms with Gasteiger partial charge in [-0.05, 0) is 33.9 Å². The number of amides is 1. The number of aromatic nitrogens is 3. The van der Waals surface area contributed by atoms with Gasteiger partial charge in [-0.2, -0.15) is 15.4 Å².